The van der Waals surface area contributed by atoms with Crippen molar-refractivity contribution in [3.63, 3.8) is 0 Å². The minimum Gasteiger partial charge on any atom is -0.480 e. The van der Waals surface area contributed by atoms with E-state index in [1.165, 1.54) is 6.92 Å². The minimum atomic E-state index is -1.85. The first-order valence-corrected chi connectivity index (χ1v) is 16.0. The number of carbonyl (C=O) groups excluding carboxylic acids is 9. The van der Waals surface area contributed by atoms with E-state index in [2.05, 4.69) is 21.3 Å². The average molecular weight is 763 g/mol. The van der Waals surface area contributed by atoms with E-state index < -0.39 is 140 Å². The number of hydrogen-bond donors (Lipinski definition) is 14. The number of primary amides is 3. The summed E-state index contributed by atoms with van der Waals surface area (Å²) in [5, 5.41) is 51.7. The predicted octanol–water partition coefficient (Wildman–Crippen LogP) is -8.27. The van der Waals surface area contributed by atoms with Gasteiger partial charge in [-0.25, -0.2) is 4.79 Å². The lowest BCUT2D eigenvalue weighted by atomic mass is 10.0. The Bertz CT molecular complexity index is 1380. The number of aliphatic hydroxyl groups is 3. The zero-order valence-corrected chi connectivity index (χ0v) is 29.5. The minimum absolute atomic E-state index is 0.126. The van der Waals surface area contributed by atoms with Gasteiger partial charge in [0, 0.05) is 0 Å². The SMILES string of the molecule is CC(C)C[C@H](NC(=O)[C@@H](NC(=O)[C@H](CC(N)=O)NC(=O)[C@@H](N)[C@@H](C)O)[C@@H](C)O)C(=O)N[C@@H](CO)C(=O)N[C@@H](CC(N)=O)C(=O)N[C@@H](CC(N)=O)C(=O)O. The topological polar surface area (TPSA) is 428 Å². The van der Waals surface area contributed by atoms with Crippen LogP contribution < -0.4 is 54.8 Å². The van der Waals surface area contributed by atoms with Crippen molar-refractivity contribution >= 4 is 59.1 Å². The molecular formula is C29H50N10O14. The summed E-state index contributed by atoms with van der Waals surface area (Å²) in [5.41, 5.74) is 20.9. The van der Waals surface area contributed by atoms with Crippen LogP contribution in [0.1, 0.15) is 53.4 Å². The molecular weight excluding hydrogens is 712 g/mol. The highest BCUT2D eigenvalue weighted by Gasteiger charge is 2.36. The fourth-order valence-electron chi connectivity index (χ4n) is 4.34. The first kappa shape index (κ1) is 47.5. The summed E-state index contributed by atoms with van der Waals surface area (Å²) in [6, 6.07) is -12.1. The molecule has 0 unspecified atom stereocenters. The van der Waals surface area contributed by atoms with E-state index in [1.807, 2.05) is 10.6 Å². The van der Waals surface area contributed by atoms with Crippen LogP contribution in [0, 0.1) is 5.92 Å². The zero-order valence-electron chi connectivity index (χ0n) is 29.5. The number of hydrogen-bond acceptors (Lipinski definition) is 14. The Balaban J connectivity index is 6.09. The van der Waals surface area contributed by atoms with Crippen molar-refractivity contribution in [2.24, 2.45) is 28.9 Å². The molecule has 0 aromatic carbocycles. The molecule has 0 saturated heterocycles. The van der Waals surface area contributed by atoms with E-state index in [-0.39, 0.29) is 12.3 Å². The van der Waals surface area contributed by atoms with Gasteiger partial charge in [0.05, 0.1) is 38.1 Å². The largest absolute Gasteiger partial charge is 0.480 e. The highest BCUT2D eigenvalue weighted by atomic mass is 16.4. The molecule has 9 amide bonds. The summed E-state index contributed by atoms with van der Waals surface area (Å²) in [7, 11) is 0. The average Bonchev–Trinajstić information content (AvgIpc) is 3.02. The van der Waals surface area contributed by atoms with Crippen LogP contribution in [0.5, 0.6) is 0 Å². The van der Waals surface area contributed by atoms with Crippen LogP contribution in [-0.2, 0) is 47.9 Å². The van der Waals surface area contributed by atoms with E-state index in [9.17, 15) is 68.4 Å². The molecule has 0 aliphatic carbocycles. The maximum atomic E-state index is 13.3. The van der Waals surface area contributed by atoms with Gasteiger partial charge in [-0.1, -0.05) is 13.8 Å². The van der Waals surface area contributed by atoms with Crippen LogP contribution in [0.4, 0.5) is 0 Å². The van der Waals surface area contributed by atoms with Gasteiger partial charge in [0.15, 0.2) is 0 Å². The van der Waals surface area contributed by atoms with Crippen LogP contribution >= 0.6 is 0 Å². The van der Waals surface area contributed by atoms with Crippen molar-refractivity contribution in [3.05, 3.63) is 0 Å². The van der Waals surface area contributed by atoms with Crippen molar-refractivity contribution in [2.75, 3.05) is 6.61 Å². The summed E-state index contributed by atoms with van der Waals surface area (Å²) in [6.07, 6.45) is -5.65. The van der Waals surface area contributed by atoms with Crippen molar-refractivity contribution in [2.45, 2.75) is 108 Å². The molecule has 0 fully saturated rings. The van der Waals surface area contributed by atoms with Gasteiger partial charge in [0.2, 0.25) is 53.2 Å². The van der Waals surface area contributed by atoms with E-state index in [1.54, 1.807) is 13.8 Å². The first-order valence-electron chi connectivity index (χ1n) is 16.0. The number of rotatable bonds is 24. The third-order valence-corrected chi connectivity index (χ3v) is 7.14. The Morgan fingerprint density at radius 2 is 0.868 bits per heavy atom. The van der Waals surface area contributed by atoms with E-state index in [0.717, 1.165) is 6.92 Å². The van der Waals surface area contributed by atoms with Crippen LogP contribution in [0.25, 0.3) is 0 Å². The standard InChI is InChI=1S/C29H50N10O14/c1-10(2)5-13(36-28(51)22(12(4)42)39-25(48)15(7-19(31)44)35-27(50)21(33)11(3)41)23(46)38-17(9-40)26(49)34-14(6-18(30)43)24(47)37-16(29(52)53)8-20(32)45/h10-17,21-22,40-42H,5-9,33H2,1-4H3,(H2,30,43)(H2,31,44)(H2,32,45)(H,34,49)(H,35,50)(H,36,51)(H,37,47)(H,38,46)(H,39,48)(H,52,53)/t11-,12-,13+,14+,15+,16+,17+,21+,22+/m1/s1. The van der Waals surface area contributed by atoms with Gasteiger partial charge >= 0.3 is 5.97 Å². The molecule has 0 saturated carbocycles. The molecule has 24 heteroatoms. The number of carboxylic acids is 1. The number of nitrogens with one attached hydrogen (secondary N) is 6. The number of amides is 9. The molecule has 24 nitrogen and oxygen atoms in total. The van der Waals surface area contributed by atoms with E-state index >= 15 is 0 Å². The second-order valence-corrected chi connectivity index (χ2v) is 12.5. The summed E-state index contributed by atoms with van der Waals surface area (Å²) in [4.78, 5) is 124. The zero-order chi connectivity index (χ0) is 41.3. The Hall–Kier alpha value is -5.46. The van der Waals surface area contributed by atoms with Gasteiger partial charge in [-0.2, -0.15) is 0 Å². The molecule has 0 aromatic rings. The summed E-state index contributed by atoms with van der Waals surface area (Å²) in [6.45, 7) is 4.45. The lowest BCUT2D eigenvalue weighted by Gasteiger charge is -2.28. The molecule has 300 valence electrons. The Morgan fingerprint density at radius 1 is 0.509 bits per heavy atom. The lowest BCUT2D eigenvalue weighted by Crippen LogP contribution is -2.62. The molecule has 0 aliphatic heterocycles. The first-order chi connectivity index (χ1) is 24.4. The number of aliphatic hydroxyl groups excluding tert-OH is 3. The molecule has 0 spiro atoms. The van der Waals surface area contributed by atoms with Crippen LogP contribution in [-0.4, -0.2) is 141 Å². The van der Waals surface area contributed by atoms with Crippen LogP contribution in [0.2, 0.25) is 0 Å². The van der Waals surface area contributed by atoms with Gasteiger partial charge in [-0.3, -0.25) is 43.2 Å². The summed E-state index contributed by atoms with van der Waals surface area (Å²) < 4.78 is 0. The molecule has 0 bridgehead atoms. The molecule has 0 aliphatic rings. The van der Waals surface area contributed by atoms with Gasteiger partial charge in [-0.05, 0) is 26.2 Å². The molecule has 0 radical (unpaired) electrons. The number of aliphatic carboxylic acids is 1. The molecule has 0 rings (SSSR count). The lowest BCUT2D eigenvalue weighted by molar-refractivity contribution is -0.144. The van der Waals surface area contributed by atoms with Crippen molar-refractivity contribution < 1.29 is 68.4 Å². The maximum Gasteiger partial charge on any atom is 0.326 e. The van der Waals surface area contributed by atoms with Gasteiger partial charge in [-0.15, -0.1) is 0 Å². The number of nitrogens with two attached hydrogens (primary N) is 4. The van der Waals surface area contributed by atoms with Crippen LogP contribution in [0.3, 0.4) is 0 Å². The number of carboxylic acid groups (broad SMARTS) is 1. The van der Waals surface area contributed by atoms with Crippen LogP contribution in [0.15, 0.2) is 0 Å². The maximum absolute atomic E-state index is 13.3. The predicted molar refractivity (Wildman–Crippen MR) is 179 cm³/mol. The highest BCUT2D eigenvalue weighted by Crippen LogP contribution is 2.08. The Morgan fingerprint density at radius 3 is 1.26 bits per heavy atom. The Labute approximate surface area is 302 Å². The third kappa shape index (κ3) is 17.5. The highest BCUT2D eigenvalue weighted by molar-refractivity contribution is 5.99. The fourth-order valence-corrected chi connectivity index (χ4v) is 4.34. The quantitative estimate of drug-likeness (QED) is 0.0434. The second-order valence-electron chi connectivity index (χ2n) is 12.5. The van der Waals surface area contributed by atoms with Crippen molar-refractivity contribution in [1.82, 2.24) is 31.9 Å². The third-order valence-electron chi connectivity index (χ3n) is 7.14. The molecule has 9 atom stereocenters. The van der Waals surface area contributed by atoms with Crippen molar-refractivity contribution in [1.29, 1.82) is 0 Å². The Kier molecular flexibility index (Phi) is 20.2. The van der Waals surface area contributed by atoms with Crippen molar-refractivity contribution in [3.8, 4) is 0 Å². The van der Waals surface area contributed by atoms with Gasteiger partial charge < -0.3 is 75.3 Å². The molecule has 0 heterocycles. The number of carbonyl (C=O) groups is 10. The van der Waals surface area contributed by atoms with Gasteiger partial charge in [0.1, 0.15) is 42.3 Å². The van der Waals surface area contributed by atoms with Gasteiger partial charge in [0.25, 0.3) is 0 Å². The summed E-state index contributed by atoms with van der Waals surface area (Å²) >= 11 is 0. The molecule has 0 aromatic heterocycles. The monoisotopic (exact) mass is 762 g/mol. The second kappa shape index (κ2) is 22.5. The molecule has 18 N–H and O–H groups in total. The fraction of sp³-hybridized carbons (Fsp3) is 0.655. The van der Waals surface area contributed by atoms with E-state index in [4.69, 9.17) is 22.9 Å². The smallest absolute Gasteiger partial charge is 0.326 e. The molecule has 53 heavy (non-hydrogen) atoms. The van der Waals surface area contributed by atoms with E-state index in [0.29, 0.717) is 0 Å². The normalized spacial score (nSPS) is 16.1. The summed E-state index contributed by atoms with van der Waals surface area (Å²) in [5.74, 6) is -12.3.